The van der Waals surface area contributed by atoms with Crippen LogP contribution in [0.1, 0.15) is 0 Å². The third-order valence-corrected chi connectivity index (χ3v) is 8.28. The first-order chi connectivity index (χ1) is 21.8. The topological polar surface area (TPSA) is 16.4 Å². The zero-order chi connectivity index (χ0) is 29.3. The fraction of sp³-hybridized carbons (Fsp3) is 0. The number of rotatable bonds is 6. The summed E-state index contributed by atoms with van der Waals surface area (Å²) in [7, 11) is 0. The summed E-state index contributed by atoms with van der Waals surface area (Å²) in [6.45, 7) is 0. The third-order valence-electron chi connectivity index (χ3n) is 8.28. The lowest BCUT2D eigenvalue weighted by Gasteiger charge is -2.30. The predicted molar refractivity (Wildman–Crippen MR) is 185 cm³/mol. The van der Waals surface area contributed by atoms with Crippen LogP contribution in [0, 0.1) is 0 Å². The number of benzene rings is 7. The molecule has 208 valence electrons. The molecular formula is C42H29NO. The summed E-state index contributed by atoms with van der Waals surface area (Å²) in [4.78, 5) is 2.40. The Kier molecular flexibility index (Phi) is 6.51. The Bertz CT molecular complexity index is 2140. The second-order valence-corrected chi connectivity index (χ2v) is 11.0. The van der Waals surface area contributed by atoms with Gasteiger partial charge in [-0.25, -0.2) is 0 Å². The highest BCUT2D eigenvalue weighted by molar-refractivity contribution is 6.07. The maximum absolute atomic E-state index is 6.23. The minimum Gasteiger partial charge on any atom is -0.456 e. The van der Waals surface area contributed by atoms with Gasteiger partial charge in [0.25, 0.3) is 0 Å². The second kappa shape index (κ2) is 11.1. The number of hydrogen-bond acceptors (Lipinski definition) is 2. The summed E-state index contributed by atoms with van der Waals surface area (Å²) < 4.78 is 6.23. The predicted octanol–water partition coefficient (Wildman–Crippen LogP) is 12.1. The Labute approximate surface area is 257 Å². The quantitative estimate of drug-likeness (QED) is 0.200. The average molecular weight is 564 g/mol. The third kappa shape index (κ3) is 4.63. The van der Waals surface area contributed by atoms with Gasteiger partial charge in [0.1, 0.15) is 11.2 Å². The van der Waals surface area contributed by atoms with Crippen LogP contribution >= 0.6 is 0 Å². The molecule has 0 saturated heterocycles. The summed E-state index contributed by atoms with van der Waals surface area (Å²) >= 11 is 0. The average Bonchev–Trinajstić information content (AvgIpc) is 3.48. The molecule has 44 heavy (non-hydrogen) atoms. The second-order valence-electron chi connectivity index (χ2n) is 11.0. The molecule has 1 aromatic heterocycles. The molecule has 0 atom stereocenters. The van der Waals surface area contributed by atoms with Crippen molar-refractivity contribution in [3.8, 4) is 33.4 Å². The van der Waals surface area contributed by atoms with Crippen molar-refractivity contribution in [2.24, 2.45) is 0 Å². The van der Waals surface area contributed by atoms with Crippen molar-refractivity contribution in [1.29, 1.82) is 0 Å². The van der Waals surface area contributed by atoms with Crippen LogP contribution in [-0.4, -0.2) is 0 Å². The van der Waals surface area contributed by atoms with E-state index in [-0.39, 0.29) is 0 Å². The molecular weight excluding hydrogens is 534 g/mol. The van der Waals surface area contributed by atoms with Crippen molar-refractivity contribution >= 4 is 39.0 Å². The van der Waals surface area contributed by atoms with Crippen LogP contribution in [0.5, 0.6) is 0 Å². The smallest absolute Gasteiger partial charge is 0.135 e. The molecule has 0 aliphatic heterocycles. The summed E-state index contributed by atoms with van der Waals surface area (Å²) in [6.07, 6.45) is 0. The van der Waals surface area contributed by atoms with Crippen LogP contribution in [0.4, 0.5) is 17.1 Å². The van der Waals surface area contributed by atoms with Crippen LogP contribution in [0.15, 0.2) is 180 Å². The lowest BCUT2D eigenvalue weighted by Crippen LogP contribution is -2.12. The first-order valence-electron chi connectivity index (χ1n) is 14.9. The minimum absolute atomic E-state index is 0.883. The van der Waals surface area contributed by atoms with Crippen molar-refractivity contribution < 1.29 is 4.42 Å². The zero-order valence-electron chi connectivity index (χ0n) is 24.1. The van der Waals surface area contributed by atoms with E-state index in [1.54, 1.807) is 0 Å². The van der Waals surface area contributed by atoms with Crippen molar-refractivity contribution in [2.75, 3.05) is 4.90 Å². The van der Waals surface area contributed by atoms with Crippen LogP contribution in [0.25, 0.3) is 55.3 Å². The molecule has 0 aliphatic rings. The highest BCUT2D eigenvalue weighted by atomic mass is 16.3. The van der Waals surface area contributed by atoms with Gasteiger partial charge in [-0.3, -0.25) is 0 Å². The lowest BCUT2D eigenvalue weighted by atomic mass is 9.94. The fourth-order valence-electron chi connectivity index (χ4n) is 6.18. The molecule has 1 heterocycles. The van der Waals surface area contributed by atoms with Gasteiger partial charge in [0, 0.05) is 33.3 Å². The Morgan fingerprint density at radius 3 is 1.48 bits per heavy atom. The zero-order valence-corrected chi connectivity index (χ0v) is 24.1. The van der Waals surface area contributed by atoms with Gasteiger partial charge in [-0.2, -0.15) is 0 Å². The van der Waals surface area contributed by atoms with Gasteiger partial charge in [0.15, 0.2) is 0 Å². The van der Waals surface area contributed by atoms with E-state index in [4.69, 9.17) is 4.42 Å². The molecule has 2 heteroatoms. The molecule has 0 spiro atoms. The number of para-hydroxylation sites is 2. The molecule has 0 N–H and O–H groups in total. The van der Waals surface area contributed by atoms with Gasteiger partial charge in [-0.1, -0.05) is 140 Å². The van der Waals surface area contributed by atoms with Crippen molar-refractivity contribution in [1.82, 2.24) is 0 Å². The van der Waals surface area contributed by atoms with E-state index in [2.05, 4.69) is 169 Å². The number of fused-ring (bicyclic) bond motifs is 3. The van der Waals surface area contributed by atoms with Gasteiger partial charge in [-0.15, -0.1) is 0 Å². The van der Waals surface area contributed by atoms with Crippen LogP contribution in [0.3, 0.4) is 0 Å². The van der Waals surface area contributed by atoms with Gasteiger partial charge in [0.2, 0.25) is 0 Å². The van der Waals surface area contributed by atoms with Crippen molar-refractivity contribution in [3.05, 3.63) is 176 Å². The molecule has 0 amide bonds. The van der Waals surface area contributed by atoms with Gasteiger partial charge in [-0.05, 0) is 58.7 Å². The largest absolute Gasteiger partial charge is 0.456 e. The Morgan fingerprint density at radius 2 is 0.841 bits per heavy atom. The molecule has 8 aromatic rings. The van der Waals surface area contributed by atoms with Crippen LogP contribution in [-0.2, 0) is 0 Å². The molecule has 0 aliphatic carbocycles. The number of furan rings is 1. The number of nitrogens with zero attached hydrogens (tertiary/aromatic N) is 1. The molecule has 0 bridgehead atoms. The highest BCUT2D eigenvalue weighted by Crippen LogP contribution is 2.47. The van der Waals surface area contributed by atoms with E-state index in [0.29, 0.717) is 0 Å². The summed E-state index contributed by atoms with van der Waals surface area (Å²) in [5.41, 5.74) is 12.1. The first kappa shape index (κ1) is 25.8. The molecule has 8 rings (SSSR count). The molecule has 0 saturated carbocycles. The van der Waals surface area contributed by atoms with E-state index in [1.165, 1.54) is 22.3 Å². The van der Waals surface area contributed by atoms with Crippen molar-refractivity contribution in [3.63, 3.8) is 0 Å². The maximum atomic E-state index is 6.23. The highest BCUT2D eigenvalue weighted by Gasteiger charge is 2.22. The molecule has 0 fully saturated rings. The normalized spacial score (nSPS) is 11.2. The van der Waals surface area contributed by atoms with E-state index < -0.39 is 0 Å². The molecule has 2 nitrogen and oxygen atoms in total. The van der Waals surface area contributed by atoms with Gasteiger partial charge >= 0.3 is 0 Å². The summed E-state index contributed by atoms with van der Waals surface area (Å²) in [6, 6.07) is 62.2. The summed E-state index contributed by atoms with van der Waals surface area (Å²) in [5, 5.41) is 2.21. The summed E-state index contributed by atoms with van der Waals surface area (Å²) in [5.74, 6) is 0. The first-order valence-corrected chi connectivity index (χ1v) is 14.9. The maximum Gasteiger partial charge on any atom is 0.135 e. The molecule has 0 radical (unpaired) electrons. The minimum atomic E-state index is 0.883. The van der Waals surface area contributed by atoms with E-state index in [9.17, 15) is 0 Å². The van der Waals surface area contributed by atoms with Crippen molar-refractivity contribution in [2.45, 2.75) is 0 Å². The standard InChI is InChI=1S/C42H29NO/c1-4-13-30(14-5-1)31-23-25-34(26-24-31)43(35-27-28-41-39(29-35)38-19-10-11-22-40(38)44-41)42-36(32-15-6-2-7-16-32)20-12-21-37(42)33-17-8-3-9-18-33/h1-29H. The fourth-order valence-corrected chi connectivity index (χ4v) is 6.18. The lowest BCUT2D eigenvalue weighted by molar-refractivity contribution is 0.669. The van der Waals surface area contributed by atoms with Gasteiger partial charge in [0.05, 0.1) is 5.69 Å². The SMILES string of the molecule is c1ccc(-c2ccc(N(c3ccc4oc5ccccc5c4c3)c3c(-c4ccccc4)cccc3-c3ccccc3)cc2)cc1. The molecule has 7 aromatic carbocycles. The monoisotopic (exact) mass is 563 g/mol. The van der Waals surface area contributed by atoms with E-state index in [1.807, 2.05) is 12.1 Å². The Morgan fingerprint density at radius 1 is 0.341 bits per heavy atom. The van der Waals surface area contributed by atoms with Crippen LogP contribution < -0.4 is 4.90 Å². The van der Waals surface area contributed by atoms with E-state index >= 15 is 0 Å². The van der Waals surface area contributed by atoms with Gasteiger partial charge < -0.3 is 9.32 Å². The molecule has 0 unspecified atom stereocenters. The number of anilines is 3. The van der Waals surface area contributed by atoms with E-state index in [0.717, 1.165) is 50.1 Å². The Hall–Kier alpha value is -5.86. The van der Waals surface area contributed by atoms with Crippen LogP contribution in [0.2, 0.25) is 0 Å². The number of hydrogen-bond donors (Lipinski definition) is 0. The Balaban J connectivity index is 1.41.